The Morgan fingerprint density at radius 2 is 1.72 bits per heavy atom. The van der Waals surface area contributed by atoms with E-state index >= 15 is 0 Å². The number of benzene rings is 2. The van der Waals surface area contributed by atoms with Gasteiger partial charge in [0.2, 0.25) is 5.91 Å². The Hall–Kier alpha value is -2.66. The second-order valence-corrected chi connectivity index (χ2v) is 11.7. The SMILES string of the molecule is CC(C)(C)c1ccc(CN2C(=O)[C@@H](N[C@@H](CCC3CCCCC3)C(=O)O)CCc3ccccc32)cc1. The molecule has 194 valence electrons. The van der Waals surface area contributed by atoms with E-state index in [0.29, 0.717) is 25.3 Å². The first-order valence-electron chi connectivity index (χ1n) is 13.7. The molecule has 1 saturated carbocycles. The number of carbonyl (C=O) groups excluding carboxylic acids is 1. The van der Waals surface area contributed by atoms with Crippen LogP contribution < -0.4 is 10.2 Å². The first-order chi connectivity index (χ1) is 17.2. The van der Waals surface area contributed by atoms with E-state index in [0.717, 1.165) is 29.7 Å². The average Bonchev–Trinajstić information content (AvgIpc) is 2.99. The van der Waals surface area contributed by atoms with Gasteiger partial charge in [0, 0.05) is 5.69 Å². The number of carboxylic acid groups (broad SMARTS) is 1. The molecule has 2 N–H and O–H groups in total. The number of nitrogens with one attached hydrogen (secondary N) is 1. The van der Waals surface area contributed by atoms with Crippen molar-refractivity contribution in [3.63, 3.8) is 0 Å². The topological polar surface area (TPSA) is 69.6 Å². The summed E-state index contributed by atoms with van der Waals surface area (Å²) in [5.74, 6) is -0.280. The highest BCUT2D eigenvalue weighted by Gasteiger charge is 2.33. The van der Waals surface area contributed by atoms with Crippen molar-refractivity contribution in [2.75, 3.05) is 4.90 Å². The van der Waals surface area contributed by atoms with Crippen LogP contribution in [-0.4, -0.2) is 29.1 Å². The van der Waals surface area contributed by atoms with Gasteiger partial charge in [0.15, 0.2) is 0 Å². The van der Waals surface area contributed by atoms with E-state index in [1.807, 2.05) is 23.1 Å². The van der Waals surface area contributed by atoms with Crippen molar-refractivity contribution >= 4 is 17.6 Å². The van der Waals surface area contributed by atoms with Gasteiger partial charge in [0.1, 0.15) is 6.04 Å². The number of nitrogens with zero attached hydrogens (tertiary/aromatic N) is 1. The Balaban J connectivity index is 1.51. The van der Waals surface area contributed by atoms with Gasteiger partial charge in [-0.15, -0.1) is 0 Å². The Morgan fingerprint density at radius 3 is 2.39 bits per heavy atom. The van der Waals surface area contributed by atoms with E-state index in [1.165, 1.54) is 37.7 Å². The van der Waals surface area contributed by atoms with Crippen molar-refractivity contribution in [2.24, 2.45) is 5.92 Å². The van der Waals surface area contributed by atoms with Crippen molar-refractivity contribution in [2.45, 2.75) is 103 Å². The second kappa shape index (κ2) is 11.6. The van der Waals surface area contributed by atoms with Crippen molar-refractivity contribution in [1.29, 1.82) is 0 Å². The van der Waals surface area contributed by atoms with Crippen LogP contribution in [0.4, 0.5) is 5.69 Å². The Bertz CT molecular complexity index is 1030. The molecule has 0 spiro atoms. The molecular formula is C31H42N2O3. The zero-order chi connectivity index (χ0) is 25.7. The average molecular weight is 491 g/mol. The number of para-hydroxylation sites is 1. The van der Waals surface area contributed by atoms with Crippen LogP contribution in [0.5, 0.6) is 0 Å². The lowest BCUT2D eigenvalue weighted by molar-refractivity contribution is -0.140. The Morgan fingerprint density at radius 1 is 1.03 bits per heavy atom. The van der Waals surface area contributed by atoms with Gasteiger partial charge >= 0.3 is 5.97 Å². The summed E-state index contributed by atoms with van der Waals surface area (Å²) in [5.41, 5.74) is 4.47. The number of hydrogen-bond donors (Lipinski definition) is 2. The molecular weight excluding hydrogens is 448 g/mol. The van der Waals surface area contributed by atoms with Crippen LogP contribution in [0.2, 0.25) is 0 Å². The molecule has 2 atom stereocenters. The largest absolute Gasteiger partial charge is 0.480 e. The Labute approximate surface area is 216 Å². The molecule has 1 amide bonds. The molecule has 1 aliphatic carbocycles. The predicted molar refractivity (Wildman–Crippen MR) is 145 cm³/mol. The Kier molecular flexibility index (Phi) is 8.50. The summed E-state index contributed by atoms with van der Waals surface area (Å²) in [7, 11) is 0. The summed E-state index contributed by atoms with van der Waals surface area (Å²) >= 11 is 0. The summed E-state index contributed by atoms with van der Waals surface area (Å²) in [6, 6.07) is 15.4. The minimum atomic E-state index is -0.857. The molecule has 0 unspecified atom stereocenters. The molecule has 2 aromatic rings. The third-order valence-electron chi connectivity index (χ3n) is 8.00. The molecule has 1 fully saturated rings. The lowest BCUT2D eigenvalue weighted by Crippen LogP contribution is -2.51. The van der Waals surface area contributed by atoms with Crippen LogP contribution in [0.3, 0.4) is 0 Å². The highest BCUT2D eigenvalue weighted by atomic mass is 16.4. The number of rotatable bonds is 8. The van der Waals surface area contributed by atoms with E-state index in [4.69, 9.17) is 0 Å². The van der Waals surface area contributed by atoms with Crippen LogP contribution in [0.25, 0.3) is 0 Å². The number of amides is 1. The summed E-state index contributed by atoms with van der Waals surface area (Å²) in [6.07, 6.45) is 9.03. The van der Waals surface area contributed by atoms with Crippen molar-refractivity contribution < 1.29 is 14.7 Å². The third kappa shape index (κ3) is 6.56. The van der Waals surface area contributed by atoms with Crippen LogP contribution in [0.15, 0.2) is 48.5 Å². The molecule has 4 rings (SSSR count). The van der Waals surface area contributed by atoms with Gasteiger partial charge in [-0.25, -0.2) is 0 Å². The molecule has 5 nitrogen and oxygen atoms in total. The highest BCUT2D eigenvalue weighted by Crippen LogP contribution is 2.31. The van der Waals surface area contributed by atoms with Crippen LogP contribution in [0, 0.1) is 5.92 Å². The first kappa shape index (κ1) is 26.4. The van der Waals surface area contributed by atoms with E-state index in [9.17, 15) is 14.7 Å². The van der Waals surface area contributed by atoms with Gasteiger partial charge in [-0.1, -0.05) is 95.3 Å². The maximum absolute atomic E-state index is 13.9. The van der Waals surface area contributed by atoms with Crippen LogP contribution in [-0.2, 0) is 28.0 Å². The fourth-order valence-corrected chi connectivity index (χ4v) is 5.73. The molecule has 0 radical (unpaired) electrons. The standard InChI is InChI=1S/C31H42N2O3/c1-31(2,3)25-17-13-23(14-18-25)21-33-28-12-8-7-11-24(28)16-20-26(29(33)34)32-27(30(35)36)19-15-22-9-5-4-6-10-22/h7-8,11-14,17-18,22,26-27,32H,4-6,9-10,15-16,19-21H2,1-3H3,(H,35,36)/t26-,27-/m0/s1. The molecule has 36 heavy (non-hydrogen) atoms. The number of carboxylic acids is 1. The van der Waals surface area contributed by atoms with Crippen molar-refractivity contribution in [3.05, 3.63) is 65.2 Å². The molecule has 1 heterocycles. The number of aryl methyl sites for hydroxylation is 1. The van der Waals surface area contributed by atoms with Crippen molar-refractivity contribution in [1.82, 2.24) is 5.32 Å². The summed E-state index contributed by atoms with van der Waals surface area (Å²) < 4.78 is 0. The maximum atomic E-state index is 13.9. The van der Waals surface area contributed by atoms with Crippen molar-refractivity contribution in [3.8, 4) is 0 Å². The zero-order valence-corrected chi connectivity index (χ0v) is 22.1. The van der Waals surface area contributed by atoms with Gasteiger partial charge in [-0.2, -0.15) is 0 Å². The molecule has 0 saturated heterocycles. The summed E-state index contributed by atoms with van der Waals surface area (Å²) in [4.78, 5) is 27.9. The molecule has 0 bridgehead atoms. The summed E-state index contributed by atoms with van der Waals surface area (Å²) in [5, 5.41) is 13.2. The smallest absolute Gasteiger partial charge is 0.320 e. The van der Waals surface area contributed by atoms with Crippen LogP contribution in [0.1, 0.15) is 88.8 Å². The fraction of sp³-hybridized carbons (Fsp3) is 0.548. The number of hydrogen-bond acceptors (Lipinski definition) is 3. The zero-order valence-electron chi connectivity index (χ0n) is 22.1. The second-order valence-electron chi connectivity index (χ2n) is 11.7. The van der Waals surface area contributed by atoms with Gasteiger partial charge in [-0.05, 0) is 59.8 Å². The minimum Gasteiger partial charge on any atom is -0.480 e. The van der Waals surface area contributed by atoms with E-state index < -0.39 is 18.1 Å². The summed E-state index contributed by atoms with van der Waals surface area (Å²) in [6.45, 7) is 7.05. The van der Waals surface area contributed by atoms with E-state index in [1.54, 1.807) is 0 Å². The predicted octanol–water partition coefficient (Wildman–Crippen LogP) is 6.24. The quantitative estimate of drug-likeness (QED) is 0.460. The van der Waals surface area contributed by atoms with E-state index in [2.05, 4.69) is 56.4 Å². The van der Waals surface area contributed by atoms with Gasteiger partial charge in [-0.3, -0.25) is 14.9 Å². The van der Waals surface area contributed by atoms with Gasteiger partial charge in [0.25, 0.3) is 0 Å². The number of aliphatic carboxylic acids is 1. The molecule has 1 aliphatic heterocycles. The molecule has 0 aromatic heterocycles. The molecule has 5 heteroatoms. The number of fused-ring (bicyclic) bond motifs is 1. The highest BCUT2D eigenvalue weighted by molar-refractivity contribution is 5.98. The fourth-order valence-electron chi connectivity index (χ4n) is 5.73. The van der Waals surface area contributed by atoms with Gasteiger partial charge < -0.3 is 10.0 Å². The number of anilines is 1. The minimum absolute atomic E-state index is 0.0382. The lowest BCUT2D eigenvalue weighted by Gasteiger charge is -2.29. The molecule has 2 aliphatic rings. The van der Waals surface area contributed by atoms with Crippen LogP contribution >= 0.6 is 0 Å². The van der Waals surface area contributed by atoms with E-state index in [-0.39, 0.29) is 11.3 Å². The monoisotopic (exact) mass is 490 g/mol. The first-order valence-corrected chi connectivity index (χ1v) is 13.7. The number of carbonyl (C=O) groups is 2. The normalized spacial score (nSPS) is 20.0. The lowest BCUT2D eigenvalue weighted by atomic mass is 9.85. The maximum Gasteiger partial charge on any atom is 0.320 e. The molecule has 2 aromatic carbocycles. The van der Waals surface area contributed by atoms with Gasteiger partial charge in [0.05, 0.1) is 12.6 Å². The third-order valence-corrected chi connectivity index (χ3v) is 8.00.